The van der Waals surface area contributed by atoms with Crippen molar-refractivity contribution in [3.8, 4) is 0 Å². The zero-order chi connectivity index (χ0) is 12.8. The molecular weight excluding hydrogens is 224 g/mol. The van der Waals surface area contributed by atoms with E-state index in [0.717, 1.165) is 30.9 Å². The molecule has 3 heteroatoms. The minimum absolute atomic E-state index is 0.119. The van der Waals surface area contributed by atoms with Gasteiger partial charge in [0.15, 0.2) is 0 Å². The van der Waals surface area contributed by atoms with Gasteiger partial charge in [0.1, 0.15) is 11.5 Å². The van der Waals surface area contributed by atoms with Gasteiger partial charge in [0.25, 0.3) is 0 Å². The lowest BCUT2D eigenvalue weighted by molar-refractivity contribution is 0.422. The molecule has 0 spiro atoms. The molecule has 2 heterocycles. The van der Waals surface area contributed by atoms with Crippen molar-refractivity contribution in [2.24, 2.45) is 0 Å². The summed E-state index contributed by atoms with van der Waals surface area (Å²) in [6.07, 6.45) is 5.67. The van der Waals surface area contributed by atoms with Gasteiger partial charge in [0.2, 0.25) is 0 Å². The van der Waals surface area contributed by atoms with Gasteiger partial charge in [-0.1, -0.05) is 13.8 Å². The number of aryl methyl sites for hydroxylation is 1. The predicted octanol–water partition coefficient (Wildman–Crippen LogP) is 3.33. The molecule has 0 aliphatic heterocycles. The fourth-order valence-electron chi connectivity index (χ4n) is 1.97. The van der Waals surface area contributed by atoms with Crippen LogP contribution in [0.25, 0.3) is 0 Å². The van der Waals surface area contributed by atoms with E-state index in [4.69, 9.17) is 4.42 Å². The Balaban J connectivity index is 2.24. The number of nitrogens with zero attached hydrogens (tertiary/aromatic N) is 1. The Morgan fingerprint density at radius 3 is 2.56 bits per heavy atom. The number of hydrogen-bond donors (Lipinski definition) is 1. The third kappa shape index (κ3) is 2.99. The standard InChI is InChI=1S/C15H20N2O/c1-3-9-17-15(12-7-10-16-11-8-12)14-6-5-13(4-2)18-14/h5-8,10-11,15,17H,3-4,9H2,1-2H3. The van der Waals surface area contributed by atoms with Gasteiger partial charge in [-0.15, -0.1) is 0 Å². The van der Waals surface area contributed by atoms with E-state index in [2.05, 4.69) is 36.3 Å². The third-order valence-corrected chi connectivity index (χ3v) is 2.95. The first kappa shape index (κ1) is 12.8. The summed E-state index contributed by atoms with van der Waals surface area (Å²) in [7, 11) is 0. The molecule has 0 saturated carbocycles. The van der Waals surface area contributed by atoms with Gasteiger partial charge in [0, 0.05) is 18.8 Å². The van der Waals surface area contributed by atoms with Gasteiger partial charge in [-0.3, -0.25) is 4.98 Å². The fourth-order valence-corrected chi connectivity index (χ4v) is 1.97. The number of rotatable bonds is 6. The van der Waals surface area contributed by atoms with E-state index in [-0.39, 0.29) is 6.04 Å². The number of nitrogens with one attached hydrogen (secondary N) is 1. The summed E-state index contributed by atoms with van der Waals surface area (Å²) in [6.45, 7) is 5.23. The van der Waals surface area contributed by atoms with Gasteiger partial charge in [-0.2, -0.15) is 0 Å². The highest BCUT2D eigenvalue weighted by Gasteiger charge is 2.16. The molecule has 0 aliphatic carbocycles. The summed E-state index contributed by atoms with van der Waals surface area (Å²) in [4.78, 5) is 4.06. The zero-order valence-electron chi connectivity index (χ0n) is 11.0. The first-order valence-electron chi connectivity index (χ1n) is 6.57. The predicted molar refractivity (Wildman–Crippen MR) is 72.5 cm³/mol. The van der Waals surface area contributed by atoms with E-state index in [1.807, 2.05) is 24.5 Å². The topological polar surface area (TPSA) is 38.1 Å². The Bertz CT molecular complexity index is 464. The van der Waals surface area contributed by atoms with Crippen LogP contribution in [0.5, 0.6) is 0 Å². The second kappa shape index (κ2) is 6.36. The average molecular weight is 244 g/mol. The summed E-state index contributed by atoms with van der Waals surface area (Å²) in [5.74, 6) is 2.01. The van der Waals surface area contributed by atoms with Crippen LogP contribution in [0, 0.1) is 0 Å². The summed E-state index contributed by atoms with van der Waals surface area (Å²) in [5.41, 5.74) is 1.19. The second-order valence-electron chi connectivity index (χ2n) is 4.33. The molecular formula is C15H20N2O. The maximum Gasteiger partial charge on any atom is 0.125 e. The van der Waals surface area contributed by atoms with Crippen LogP contribution in [0.3, 0.4) is 0 Å². The first-order valence-corrected chi connectivity index (χ1v) is 6.57. The van der Waals surface area contributed by atoms with Crippen LogP contribution < -0.4 is 5.32 Å². The molecule has 0 fully saturated rings. The second-order valence-corrected chi connectivity index (χ2v) is 4.33. The van der Waals surface area contributed by atoms with E-state index in [0.29, 0.717) is 0 Å². The van der Waals surface area contributed by atoms with Crippen LogP contribution in [-0.4, -0.2) is 11.5 Å². The molecule has 0 radical (unpaired) electrons. The molecule has 0 bridgehead atoms. The SMILES string of the molecule is CCCNC(c1ccncc1)c1ccc(CC)o1. The Morgan fingerprint density at radius 1 is 1.17 bits per heavy atom. The molecule has 0 aliphatic rings. The summed E-state index contributed by atoms with van der Waals surface area (Å²) >= 11 is 0. The van der Waals surface area contributed by atoms with E-state index in [1.54, 1.807) is 0 Å². The molecule has 0 saturated heterocycles. The minimum Gasteiger partial charge on any atom is -0.464 e. The van der Waals surface area contributed by atoms with E-state index in [9.17, 15) is 0 Å². The van der Waals surface area contributed by atoms with Crippen molar-refractivity contribution in [1.82, 2.24) is 10.3 Å². The Labute approximate surface area is 108 Å². The van der Waals surface area contributed by atoms with Crippen LogP contribution in [-0.2, 0) is 6.42 Å². The van der Waals surface area contributed by atoms with Crippen LogP contribution >= 0.6 is 0 Å². The van der Waals surface area contributed by atoms with Gasteiger partial charge in [-0.05, 0) is 42.8 Å². The van der Waals surface area contributed by atoms with Crippen molar-refractivity contribution < 1.29 is 4.42 Å². The highest BCUT2D eigenvalue weighted by atomic mass is 16.3. The van der Waals surface area contributed by atoms with Crippen molar-refractivity contribution in [2.45, 2.75) is 32.7 Å². The molecule has 96 valence electrons. The Morgan fingerprint density at radius 2 is 1.94 bits per heavy atom. The molecule has 0 amide bonds. The molecule has 1 N–H and O–H groups in total. The van der Waals surface area contributed by atoms with Crippen LogP contribution in [0.15, 0.2) is 41.1 Å². The van der Waals surface area contributed by atoms with Crippen LogP contribution in [0.2, 0.25) is 0 Å². The maximum absolute atomic E-state index is 5.86. The largest absolute Gasteiger partial charge is 0.464 e. The molecule has 2 aromatic rings. The number of furan rings is 1. The number of aromatic nitrogens is 1. The molecule has 18 heavy (non-hydrogen) atoms. The van der Waals surface area contributed by atoms with Crippen molar-refractivity contribution >= 4 is 0 Å². The molecule has 2 rings (SSSR count). The molecule has 1 unspecified atom stereocenters. The molecule has 2 aromatic heterocycles. The van der Waals surface area contributed by atoms with Crippen molar-refractivity contribution in [2.75, 3.05) is 6.54 Å². The molecule has 3 nitrogen and oxygen atoms in total. The monoisotopic (exact) mass is 244 g/mol. The summed E-state index contributed by atoms with van der Waals surface area (Å²) in [5, 5.41) is 3.52. The maximum atomic E-state index is 5.86. The fraction of sp³-hybridized carbons (Fsp3) is 0.400. The van der Waals surface area contributed by atoms with Crippen molar-refractivity contribution in [3.05, 3.63) is 53.7 Å². The van der Waals surface area contributed by atoms with Crippen LogP contribution in [0.4, 0.5) is 0 Å². The van der Waals surface area contributed by atoms with Crippen molar-refractivity contribution in [3.63, 3.8) is 0 Å². The average Bonchev–Trinajstić information content (AvgIpc) is 2.89. The Hall–Kier alpha value is -1.61. The van der Waals surface area contributed by atoms with Crippen LogP contribution in [0.1, 0.15) is 43.4 Å². The molecule has 0 aromatic carbocycles. The van der Waals surface area contributed by atoms with Gasteiger partial charge < -0.3 is 9.73 Å². The van der Waals surface area contributed by atoms with Gasteiger partial charge in [-0.25, -0.2) is 0 Å². The Kier molecular flexibility index (Phi) is 4.53. The minimum atomic E-state index is 0.119. The zero-order valence-corrected chi connectivity index (χ0v) is 11.0. The van der Waals surface area contributed by atoms with E-state index < -0.39 is 0 Å². The highest BCUT2D eigenvalue weighted by Crippen LogP contribution is 2.23. The quantitative estimate of drug-likeness (QED) is 0.847. The summed E-state index contributed by atoms with van der Waals surface area (Å²) < 4.78 is 5.86. The summed E-state index contributed by atoms with van der Waals surface area (Å²) in [6, 6.07) is 8.29. The molecule has 1 atom stereocenters. The lowest BCUT2D eigenvalue weighted by Crippen LogP contribution is -2.22. The first-order chi connectivity index (χ1) is 8.85. The van der Waals surface area contributed by atoms with Gasteiger partial charge in [0.05, 0.1) is 6.04 Å². The van der Waals surface area contributed by atoms with E-state index >= 15 is 0 Å². The van der Waals surface area contributed by atoms with Gasteiger partial charge >= 0.3 is 0 Å². The van der Waals surface area contributed by atoms with Crippen molar-refractivity contribution in [1.29, 1.82) is 0 Å². The number of hydrogen-bond acceptors (Lipinski definition) is 3. The van der Waals surface area contributed by atoms with E-state index in [1.165, 1.54) is 5.56 Å². The lowest BCUT2D eigenvalue weighted by Gasteiger charge is -2.16. The normalized spacial score (nSPS) is 12.6. The number of pyridine rings is 1. The lowest BCUT2D eigenvalue weighted by atomic mass is 10.1. The third-order valence-electron chi connectivity index (χ3n) is 2.95. The highest BCUT2D eigenvalue weighted by molar-refractivity contribution is 5.25. The smallest absolute Gasteiger partial charge is 0.125 e.